The molecule has 0 spiro atoms. The second kappa shape index (κ2) is 7.61. The average molecular weight is 385 g/mol. The Morgan fingerprint density at radius 3 is 2.08 bits per heavy atom. The van der Waals surface area contributed by atoms with Gasteiger partial charge in [0.1, 0.15) is 0 Å². The van der Waals surface area contributed by atoms with E-state index in [1.807, 2.05) is 32.9 Å². The summed E-state index contributed by atoms with van der Waals surface area (Å²) in [4.78, 5) is 5.54. The molecule has 0 aliphatic rings. The van der Waals surface area contributed by atoms with Gasteiger partial charge in [-0.2, -0.15) is 0 Å². The van der Waals surface area contributed by atoms with Gasteiger partial charge in [0.05, 0.1) is 0 Å². The highest BCUT2D eigenvalue weighted by Crippen LogP contribution is 2.47. The van der Waals surface area contributed by atoms with Crippen LogP contribution in [0, 0.1) is 41.5 Å². The van der Waals surface area contributed by atoms with Gasteiger partial charge in [-0.25, -0.2) is 0 Å². The fourth-order valence-electron chi connectivity index (χ4n) is 2.99. The minimum atomic E-state index is 1.32. The Hall–Kier alpha value is -1.16. The van der Waals surface area contributed by atoms with Crippen LogP contribution >= 0.6 is 32.9 Å². The summed E-state index contributed by atoms with van der Waals surface area (Å²) < 4.78 is 0. The van der Waals surface area contributed by atoms with Crippen LogP contribution in [0.25, 0.3) is 11.1 Å². The molecule has 1 aromatic heterocycles. The third-order valence-corrected chi connectivity index (χ3v) is 8.08. The highest BCUT2D eigenvalue weighted by molar-refractivity contribution is 8.76. The summed E-state index contributed by atoms with van der Waals surface area (Å²) in [6, 6.07) is 13.5. The molecule has 0 radical (unpaired) electrons. The van der Waals surface area contributed by atoms with E-state index in [9.17, 15) is 0 Å². The number of hydrogen-bond donors (Lipinski definition) is 0. The fraction of sp³-hybridized carbons (Fsp3) is 0.273. The molecule has 0 amide bonds. The molecule has 0 N–H and O–H groups in total. The van der Waals surface area contributed by atoms with Crippen molar-refractivity contribution in [3.8, 4) is 11.1 Å². The molecule has 0 saturated heterocycles. The second-order valence-electron chi connectivity index (χ2n) is 6.67. The zero-order valence-electron chi connectivity index (χ0n) is 15.7. The largest absolute Gasteiger partial charge is 0.145 e. The first-order valence-corrected chi connectivity index (χ1v) is 11.4. The van der Waals surface area contributed by atoms with Crippen LogP contribution in [0.4, 0.5) is 0 Å². The first-order valence-electron chi connectivity index (χ1n) is 8.46. The molecule has 0 bridgehead atoms. The molecule has 0 fully saturated rings. The van der Waals surface area contributed by atoms with Crippen molar-refractivity contribution >= 4 is 32.9 Å². The van der Waals surface area contributed by atoms with Crippen molar-refractivity contribution in [3.63, 3.8) is 0 Å². The van der Waals surface area contributed by atoms with Gasteiger partial charge in [-0.15, -0.1) is 11.3 Å². The lowest BCUT2D eigenvalue weighted by molar-refractivity contribution is 1.26. The van der Waals surface area contributed by atoms with E-state index in [0.29, 0.717) is 0 Å². The first kappa shape index (κ1) is 18.6. The molecule has 3 heteroatoms. The highest BCUT2D eigenvalue weighted by Gasteiger charge is 2.16. The summed E-state index contributed by atoms with van der Waals surface area (Å²) in [6.45, 7) is 13.2. The van der Waals surface area contributed by atoms with Gasteiger partial charge in [-0.3, -0.25) is 0 Å². The van der Waals surface area contributed by atoms with Crippen LogP contribution in [0.5, 0.6) is 0 Å². The molecule has 0 nitrogen and oxygen atoms in total. The maximum absolute atomic E-state index is 2.34. The zero-order valence-corrected chi connectivity index (χ0v) is 18.1. The van der Waals surface area contributed by atoms with Gasteiger partial charge >= 0.3 is 0 Å². The van der Waals surface area contributed by atoms with E-state index in [4.69, 9.17) is 0 Å². The van der Waals surface area contributed by atoms with E-state index in [1.54, 1.807) is 0 Å². The van der Waals surface area contributed by atoms with Crippen LogP contribution in [0.15, 0.2) is 46.2 Å². The minimum Gasteiger partial charge on any atom is -0.145 e. The summed E-state index contributed by atoms with van der Waals surface area (Å²) in [7, 11) is 3.78. The predicted molar refractivity (Wildman–Crippen MR) is 116 cm³/mol. The molecule has 130 valence electrons. The molecule has 3 rings (SSSR count). The maximum Gasteiger partial charge on any atom is 0.0297 e. The smallest absolute Gasteiger partial charge is 0.0297 e. The van der Waals surface area contributed by atoms with Crippen molar-refractivity contribution in [1.82, 2.24) is 0 Å². The van der Waals surface area contributed by atoms with Crippen molar-refractivity contribution in [3.05, 3.63) is 68.4 Å². The third kappa shape index (κ3) is 3.99. The number of rotatable bonds is 4. The van der Waals surface area contributed by atoms with Gasteiger partial charge in [0, 0.05) is 25.1 Å². The predicted octanol–water partition coefficient (Wildman–Crippen LogP) is 8.07. The Balaban J connectivity index is 2.03. The molecule has 0 saturated carbocycles. The molecular weight excluding hydrogens is 360 g/mol. The van der Waals surface area contributed by atoms with Crippen molar-refractivity contribution in [1.29, 1.82) is 0 Å². The third-order valence-electron chi connectivity index (χ3n) is 4.43. The summed E-state index contributed by atoms with van der Waals surface area (Å²) in [5.74, 6) is 0. The van der Waals surface area contributed by atoms with E-state index in [1.165, 1.54) is 52.9 Å². The number of hydrogen-bond acceptors (Lipinski definition) is 3. The Bertz CT molecular complexity index is 919. The number of aryl methyl sites for hydroxylation is 6. The van der Waals surface area contributed by atoms with Crippen LogP contribution in [0.3, 0.4) is 0 Å². The molecule has 2 aromatic carbocycles. The molecule has 0 aliphatic heterocycles. The molecule has 25 heavy (non-hydrogen) atoms. The van der Waals surface area contributed by atoms with E-state index >= 15 is 0 Å². The normalized spacial score (nSPS) is 11.1. The van der Waals surface area contributed by atoms with Gasteiger partial charge in [0.2, 0.25) is 0 Å². The van der Waals surface area contributed by atoms with Crippen LogP contribution < -0.4 is 0 Å². The van der Waals surface area contributed by atoms with Gasteiger partial charge in [0.25, 0.3) is 0 Å². The Labute approximate surface area is 163 Å². The van der Waals surface area contributed by atoms with E-state index < -0.39 is 0 Å². The van der Waals surface area contributed by atoms with Crippen LogP contribution in [-0.2, 0) is 0 Å². The summed E-state index contributed by atoms with van der Waals surface area (Å²) >= 11 is 1.89. The van der Waals surface area contributed by atoms with Gasteiger partial charge in [0.15, 0.2) is 0 Å². The van der Waals surface area contributed by atoms with Crippen molar-refractivity contribution < 1.29 is 0 Å². The SMILES string of the molecule is Cc1ccc(C)c(SSc2c(C)ccc(C)c2-c2cc(C)sc2C)c1. The molecule has 0 atom stereocenters. The van der Waals surface area contributed by atoms with Crippen molar-refractivity contribution in [2.45, 2.75) is 51.3 Å². The zero-order chi connectivity index (χ0) is 18.1. The lowest BCUT2D eigenvalue weighted by Gasteiger charge is -2.15. The monoisotopic (exact) mass is 384 g/mol. The van der Waals surface area contributed by atoms with Crippen LogP contribution in [0.2, 0.25) is 0 Å². The maximum atomic E-state index is 2.34. The molecule has 1 heterocycles. The molecule has 0 unspecified atom stereocenters. The second-order valence-corrected chi connectivity index (χ2v) is 10.3. The van der Waals surface area contributed by atoms with Crippen molar-refractivity contribution in [2.24, 2.45) is 0 Å². The molecule has 0 aliphatic carbocycles. The van der Waals surface area contributed by atoms with Gasteiger partial charge in [-0.1, -0.05) is 45.9 Å². The number of benzene rings is 2. The fourth-order valence-corrected chi connectivity index (χ4v) is 6.78. The topological polar surface area (TPSA) is 0 Å². The van der Waals surface area contributed by atoms with Crippen LogP contribution in [-0.4, -0.2) is 0 Å². The average Bonchev–Trinajstić information content (AvgIpc) is 2.89. The van der Waals surface area contributed by atoms with E-state index in [0.717, 1.165) is 0 Å². The Kier molecular flexibility index (Phi) is 5.67. The van der Waals surface area contributed by atoms with E-state index in [2.05, 4.69) is 77.9 Å². The highest BCUT2D eigenvalue weighted by atomic mass is 33.1. The Morgan fingerprint density at radius 1 is 0.720 bits per heavy atom. The van der Waals surface area contributed by atoms with E-state index in [-0.39, 0.29) is 0 Å². The van der Waals surface area contributed by atoms with Gasteiger partial charge < -0.3 is 0 Å². The molecule has 3 aromatic rings. The quantitative estimate of drug-likeness (QED) is 0.417. The Morgan fingerprint density at radius 2 is 1.40 bits per heavy atom. The molecular formula is C22H24S3. The lowest BCUT2D eigenvalue weighted by atomic mass is 9.98. The lowest BCUT2D eigenvalue weighted by Crippen LogP contribution is -1.90. The first-order chi connectivity index (χ1) is 11.9. The number of thiophene rings is 1. The minimum absolute atomic E-state index is 1.32. The summed E-state index contributed by atoms with van der Waals surface area (Å²) in [5.41, 5.74) is 8.18. The summed E-state index contributed by atoms with van der Waals surface area (Å²) in [6.07, 6.45) is 0. The standard InChI is InChI=1S/C22H24S3/c1-13-7-8-14(2)20(11-13)24-25-22-16(4)10-9-15(3)21(22)19-12-17(5)23-18(19)6/h7-12H,1-6H3. The van der Waals surface area contributed by atoms with Crippen LogP contribution in [0.1, 0.15) is 32.0 Å². The summed E-state index contributed by atoms with van der Waals surface area (Å²) in [5, 5.41) is 0. The van der Waals surface area contributed by atoms with Gasteiger partial charge in [-0.05, 0) is 81.5 Å². The van der Waals surface area contributed by atoms with Crippen molar-refractivity contribution in [2.75, 3.05) is 0 Å².